The number of benzene rings is 2. The topological polar surface area (TPSA) is 66.0 Å². The van der Waals surface area contributed by atoms with E-state index in [1.165, 1.54) is 11.3 Å². The van der Waals surface area contributed by atoms with Gasteiger partial charge in [0.25, 0.3) is 0 Å². The van der Waals surface area contributed by atoms with Gasteiger partial charge in [0, 0.05) is 30.2 Å². The fourth-order valence-electron chi connectivity index (χ4n) is 2.90. The van der Waals surface area contributed by atoms with E-state index in [1.54, 1.807) is 6.20 Å². The van der Waals surface area contributed by atoms with Crippen LogP contribution in [0, 0.1) is 13.8 Å². The van der Waals surface area contributed by atoms with E-state index in [-0.39, 0.29) is 0 Å². The lowest BCUT2D eigenvalue weighted by Gasteiger charge is -2.21. The maximum absolute atomic E-state index is 4.52. The van der Waals surface area contributed by atoms with Gasteiger partial charge in [0.1, 0.15) is 0 Å². The monoisotopic (exact) mass is 362 g/mol. The fraction of sp³-hybridized carbons (Fsp3) is 0.286. The molecule has 0 saturated heterocycles. The minimum atomic E-state index is 0.459. The summed E-state index contributed by atoms with van der Waals surface area (Å²) in [4.78, 5) is 6.82. The van der Waals surface area contributed by atoms with E-state index < -0.39 is 0 Å². The zero-order chi connectivity index (χ0) is 19.2. The molecule has 0 unspecified atom stereocenters. The van der Waals surface area contributed by atoms with Crippen molar-refractivity contribution in [3.05, 3.63) is 59.8 Å². The third-order valence-electron chi connectivity index (χ3n) is 4.47. The van der Waals surface area contributed by atoms with Crippen molar-refractivity contribution in [3.63, 3.8) is 0 Å². The van der Waals surface area contributed by atoms with E-state index in [2.05, 4.69) is 88.7 Å². The summed E-state index contributed by atoms with van der Waals surface area (Å²) >= 11 is 0. The number of hydrogen-bond acceptors (Lipinski definition) is 6. The Bertz CT molecular complexity index is 887. The van der Waals surface area contributed by atoms with Gasteiger partial charge in [-0.05, 0) is 69.2 Å². The molecule has 0 spiro atoms. The molecule has 3 aromatic rings. The van der Waals surface area contributed by atoms with Gasteiger partial charge in [-0.3, -0.25) is 0 Å². The Morgan fingerprint density at radius 3 is 2.37 bits per heavy atom. The van der Waals surface area contributed by atoms with Crippen LogP contribution in [0.1, 0.15) is 25.0 Å². The summed E-state index contributed by atoms with van der Waals surface area (Å²) in [5.74, 6) is 1.11. The van der Waals surface area contributed by atoms with Crippen LogP contribution >= 0.6 is 0 Å². The smallest absolute Gasteiger partial charge is 0.249 e. The van der Waals surface area contributed by atoms with Crippen LogP contribution in [0.4, 0.5) is 28.8 Å². The number of rotatable bonds is 7. The van der Waals surface area contributed by atoms with Gasteiger partial charge in [0.2, 0.25) is 5.95 Å². The number of hydrogen-bond donors (Lipinski definition) is 2. The first kappa shape index (κ1) is 18.6. The second kappa shape index (κ2) is 8.49. The molecule has 6 nitrogen and oxygen atoms in total. The molecule has 6 heteroatoms. The van der Waals surface area contributed by atoms with Crippen LogP contribution < -0.4 is 15.5 Å². The predicted octanol–water partition coefficient (Wildman–Crippen LogP) is 4.82. The molecular formula is C21H26N6. The molecule has 0 radical (unpaired) electrons. The standard InChI is InChI=1S/C21H26N6/c1-5-27(6-2)18-11-9-17(10-12-18)23-21-25-20(14-22-26-21)24-19-13-15(3)7-8-16(19)4/h7-14H,5-6H2,1-4H3,(H2,23,24,25,26). The highest BCUT2D eigenvalue weighted by Gasteiger charge is 2.06. The van der Waals surface area contributed by atoms with Gasteiger partial charge < -0.3 is 15.5 Å². The van der Waals surface area contributed by atoms with Crippen molar-refractivity contribution in [2.24, 2.45) is 0 Å². The quantitative estimate of drug-likeness (QED) is 0.628. The van der Waals surface area contributed by atoms with E-state index in [9.17, 15) is 0 Å². The van der Waals surface area contributed by atoms with Crippen LogP contribution in [-0.4, -0.2) is 28.3 Å². The van der Waals surface area contributed by atoms with Gasteiger partial charge in [0.15, 0.2) is 5.82 Å². The van der Waals surface area contributed by atoms with Crippen LogP contribution in [0.5, 0.6) is 0 Å². The predicted molar refractivity (Wildman–Crippen MR) is 112 cm³/mol. The summed E-state index contributed by atoms with van der Waals surface area (Å²) in [7, 11) is 0. The summed E-state index contributed by atoms with van der Waals surface area (Å²) < 4.78 is 0. The first-order valence-corrected chi connectivity index (χ1v) is 9.25. The minimum absolute atomic E-state index is 0.459. The fourth-order valence-corrected chi connectivity index (χ4v) is 2.90. The largest absolute Gasteiger partial charge is 0.372 e. The van der Waals surface area contributed by atoms with Crippen LogP contribution in [0.3, 0.4) is 0 Å². The highest BCUT2D eigenvalue weighted by atomic mass is 15.3. The van der Waals surface area contributed by atoms with Gasteiger partial charge in [0.05, 0.1) is 6.20 Å². The van der Waals surface area contributed by atoms with Crippen molar-refractivity contribution in [1.29, 1.82) is 0 Å². The Kier molecular flexibility index (Phi) is 5.86. The highest BCUT2D eigenvalue weighted by molar-refractivity contribution is 5.63. The molecule has 27 heavy (non-hydrogen) atoms. The molecule has 2 N–H and O–H groups in total. The second-order valence-electron chi connectivity index (χ2n) is 6.45. The molecule has 0 atom stereocenters. The average molecular weight is 362 g/mol. The lowest BCUT2D eigenvalue weighted by Crippen LogP contribution is -2.21. The Labute approximate surface area is 160 Å². The highest BCUT2D eigenvalue weighted by Crippen LogP contribution is 2.22. The second-order valence-corrected chi connectivity index (χ2v) is 6.45. The van der Waals surface area contributed by atoms with Crippen molar-refractivity contribution in [2.45, 2.75) is 27.7 Å². The Hall–Kier alpha value is -3.15. The minimum Gasteiger partial charge on any atom is -0.372 e. The number of nitrogens with zero attached hydrogens (tertiary/aromatic N) is 4. The number of aromatic nitrogens is 3. The summed E-state index contributed by atoms with van der Waals surface area (Å²) in [6.07, 6.45) is 1.62. The zero-order valence-electron chi connectivity index (χ0n) is 16.3. The molecule has 0 aliphatic rings. The van der Waals surface area contributed by atoms with Crippen LogP contribution in [0.15, 0.2) is 48.7 Å². The molecule has 2 aromatic carbocycles. The molecule has 0 aliphatic carbocycles. The number of nitrogens with one attached hydrogen (secondary N) is 2. The number of anilines is 5. The summed E-state index contributed by atoms with van der Waals surface area (Å²) in [6, 6.07) is 14.5. The van der Waals surface area contributed by atoms with Gasteiger partial charge in [-0.25, -0.2) is 0 Å². The van der Waals surface area contributed by atoms with Crippen molar-refractivity contribution in [1.82, 2.24) is 15.2 Å². The molecule has 140 valence electrons. The molecular weight excluding hydrogens is 336 g/mol. The van der Waals surface area contributed by atoms with E-state index in [4.69, 9.17) is 0 Å². The zero-order valence-corrected chi connectivity index (χ0v) is 16.3. The number of aryl methyl sites for hydroxylation is 2. The molecule has 0 aliphatic heterocycles. The average Bonchev–Trinajstić information content (AvgIpc) is 2.67. The lowest BCUT2D eigenvalue weighted by atomic mass is 10.1. The Morgan fingerprint density at radius 2 is 1.67 bits per heavy atom. The van der Waals surface area contributed by atoms with Gasteiger partial charge in [-0.15, -0.1) is 5.10 Å². The maximum Gasteiger partial charge on any atom is 0.249 e. The van der Waals surface area contributed by atoms with Crippen LogP contribution in [0.2, 0.25) is 0 Å². The van der Waals surface area contributed by atoms with Crippen LogP contribution in [0.25, 0.3) is 0 Å². The van der Waals surface area contributed by atoms with Crippen LogP contribution in [-0.2, 0) is 0 Å². The molecule has 0 bridgehead atoms. The molecule has 3 rings (SSSR count). The normalized spacial score (nSPS) is 10.5. The van der Waals surface area contributed by atoms with Crippen molar-refractivity contribution in [3.8, 4) is 0 Å². The summed E-state index contributed by atoms with van der Waals surface area (Å²) in [5.41, 5.74) is 5.49. The van der Waals surface area contributed by atoms with E-state index in [1.807, 2.05) is 12.1 Å². The van der Waals surface area contributed by atoms with E-state index in [0.29, 0.717) is 11.8 Å². The van der Waals surface area contributed by atoms with Crippen molar-refractivity contribution in [2.75, 3.05) is 28.6 Å². The van der Waals surface area contributed by atoms with Gasteiger partial charge in [-0.2, -0.15) is 10.1 Å². The molecule has 0 fully saturated rings. The van der Waals surface area contributed by atoms with E-state index >= 15 is 0 Å². The van der Waals surface area contributed by atoms with Gasteiger partial charge in [-0.1, -0.05) is 12.1 Å². The third kappa shape index (κ3) is 4.73. The van der Waals surface area contributed by atoms with Crippen molar-refractivity contribution >= 4 is 28.8 Å². The van der Waals surface area contributed by atoms with Crippen molar-refractivity contribution < 1.29 is 0 Å². The SMILES string of the molecule is CCN(CC)c1ccc(Nc2nncc(Nc3cc(C)ccc3C)n2)cc1. The summed E-state index contributed by atoms with van der Waals surface area (Å²) in [5, 5.41) is 14.7. The molecule has 0 saturated carbocycles. The third-order valence-corrected chi connectivity index (χ3v) is 4.47. The maximum atomic E-state index is 4.52. The van der Waals surface area contributed by atoms with Gasteiger partial charge >= 0.3 is 0 Å². The molecule has 1 aromatic heterocycles. The Morgan fingerprint density at radius 1 is 0.926 bits per heavy atom. The lowest BCUT2D eigenvalue weighted by molar-refractivity contribution is 0.866. The molecule has 0 amide bonds. The Balaban J connectivity index is 1.73. The molecule has 1 heterocycles. The first-order valence-electron chi connectivity index (χ1n) is 9.25. The van der Waals surface area contributed by atoms with E-state index in [0.717, 1.165) is 30.0 Å². The first-order chi connectivity index (χ1) is 13.1. The summed E-state index contributed by atoms with van der Waals surface area (Å²) in [6.45, 7) is 10.4.